The maximum atomic E-state index is 12.5. The fraction of sp³-hybridized carbons (Fsp3) is 0. The first kappa shape index (κ1) is 15.9. The number of para-hydroxylation sites is 1. The topological polar surface area (TPSA) is 59.1 Å². The van der Waals surface area contributed by atoms with Gasteiger partial charge in [0.05, 0.1) is 0 Å². The third kappa shape index (κ3) is 3.67. The van der Waals surface area contributed by atoms with Crippen molar-refractivity contribution in [2.45, 2.75) is 0 Å². The van der Waals surface area contributed by atoms with Gasteiger partial charge in [-0.25, -0.2) is 0 Å². The number of nitrogens with zero attached hydrogens (tertiary/aromatic N) is 1. The van der Waals surface area contributed by atoms with Gasteiger partial charge >= 0.3 is 0 Å². The van der Waals surface area contributed by atoms with Gasteiger partial charge in [0.15, 0.2) is 0 Å². The Balaban J connectivity index is 1.82. The number of amides is 1. The zero-order chi connectivity index (χ0) is 16.9. The van der Waals surface area contributed by atoms with Crippen LogP contribution < -0.4 is 5.32 Å². The summed E-state index contributed by atoms with van der Waals surface area (Å²) in [6.07, 6.45) is 1.45. The zero-order valence-electron chi connectivity index (χ0n) is 12.6. The number of carbonyl (C=O) groups is 2. The molecule has 0 aliphatic carbocycles. The molecule has 0 atom stereocenters. The minimum Gasteiger partial charge on any atom is -0.322 e. The summed E-state index contributed by atoms with van der Waals surface area (Å²) in [6.45, 7) is 0. The standard InChI is InChI=1S/C19H13ClN2O2/c20-15-8-6-13(7-9-15)18(23)17-12-14(10-11-21-17)19(24)22-16-4-2-1-3-5-16/h1-12H,(H,22,24). The summed E-state index contributed by atoms with van der Waals surface area (Å²) in [5, 5.41) is 3.33. The van der Waals surface area contributed by atoms with Gasteiger partial charge in [-0.3, -0.25) is 14.6 Å². The average Bonchev–Trinajstić information content (AvgIpc) is 2.63. The van der Waals surface area contributed by atoms with Gasteiger partial charge < -0.3 is 5.32 Å². The number of halogens is 1. The second-order valence-corrected chi connectivity index (χ2v) is 5.52. The number of carbonyl (C=O) groups excluding carboxylic acids is 2. The first-order valence-corrected chi connectivity index (χ1v) is 7.64. The summed E-state index contributed by atoms with van der Waals surface area (Å²) in [5.74, 6) is -0.560. The van der Waals surface area contributed by atoms with Gasteiger partial charge in [-0.1, -0.05) is 29.8 Å². The molecular weight excluding hydrogens is 324 g/mol. The summed E-state index contributed by atoms with van der Waals surface area (Å²) >= 11 is 5.83. The van der Waals surface area contributed by atoms with Crippen LogP contribution in [0.2, 0.25) is 5.02 Å². The third-order valence-corrected chi connectivity index (χ3v) is 3.64. The lowest BCUT2D eigenvalue weighted by Gasteiger charge is -2.06. The lowest BCUT2D eigenvalue weighted by atomic mass is 10.1. The highest BCUT2D eigenvalue weighted by Crippen LogP contribution is 2.14. The molecule has 0 saturated carbocycles. The van der Waals surface area contributed by atoms with E-state index in [9.17, 15) is 9.59 Å². The van der Waals surface area contributed by atoms with E-state index < -0.39 is 0 Å². The molecule has 3 aromatic rings. The van der Waals surface area contributed by atoms with Gasteiger partial charge in [0.2, 0.25) is 5.78 Å². The minimum atomic E-state index is -0.297. The van der Waals surface area contributed by atoms with Crippen molar-refractivity contribution in [3.63, 3.8) is 0 Å². The number of ketones is 1. The number of hydrogen-bond donors (Lipinski definition) is 1. The molecule has 1 heterocycles. The van der Waals surface area contributed by atoms with Gasteiger partial charge in [0.1, 0.15) is 5.69 Å². The molecule has 1 aromatic heterocycles. The van der Waals surface area contributed by atoms with Crippen LogP contribution in [0.5, 0.6) is 0 Å². The van der Waals surface area contributed by atoms with Gasteiger partial charge in [0.25, 0.3) is 5.91 Å². The van der Waals surface area contributed by atoms with Crippen molar-refractivity contribution in [3.05, 3.63) is 94.8 Å². The number of aromatic nitrogens is 1. The van der Waals surface area contributed by atoms with Crippen LogP contribution in [0.4, 0.5) is 5.69 Å². The van der Waals surface area contributed by atoms with Crippen LogP contribution in [-0.2, 0) is 0 Å². The monoisotopic (exact) mass is 336 g/mol. The highest BCUT2D eigenvalue weighted by atomic mass is 35.5. The SMILES string of the molecule is O=C(Nc1ccccc1)c1ccnc(C(=O)c2ccc(Cl)cc2)c1. The van der Waals surface area contributed by atoms with E-state index in [1.165, 1.54) is 12.3 Å². The number of rotatable bonds is 4. The molecule has 0 bridgehead atoms. The number of pyridine rings is 1. The second-order valence-electron chi connectivity index (χ2n) is 5.09. The fourth-order valence-electron chi connectivity index (χ4n) is 2.17. The molecule has 4 nitrogen and oxygen atoms in total. The third-order valence-electron chi connectivity index (χ3n) is 3.39. The van der Waals surface area contributed by atoms with E-state index in [0.717, 1.165) is 0 Å². The Hall–Kier alpha value is -2.98. The normalized spacial score (nSPS) is 10.2. The molecule has 0 saturated heterocycles. The van der Waals surface area contributed by atoms with E-state index in [4.69, 9.17) is 11.6 Å². The summed E-state index contributed by atoms with van der Waals surface area (Å²) in [6, 6.07) is 18.7. The molecule has 0 aliphatic heterocycles. The van der Waals surface area contributed by atoms with Crippen molar-refractivity contribution >= 4 is 29.0 Å². The average molecular weight is 337 g/mol. The molecule has 0 aliphatic rings. The summed E-state index contributed by atoms with van der Waals surface area (Å²) in [7, 11) is 0. The molecule has 24 heavy (non-hydrogen) atoms. The smallest absolute Gasteiger partial charge is 0.255 e. The Morgan fingerprint density at radius 2 is 1.58 bits per heavy atom. The maximum Gasteiger partial charge on any atom is 0.255 e. The molecular formula is C19H13ClN2O2. The Morgan fingerprint density at radius 1 is 0.875 bits per heavy atom. The van der Waals surface area contributed by atoms with Crippen molar-refractivity contribution in [2.75, 3.05) is 5.32 Å². The van der Waals surface area contributed by atoms with Crippen LogP contribution >= 0.6 is 11.6 Å². The van der Waals surface area contributed by atoms with Crippen molar-refractivity contribution in [1.29, 1.82) is 0 Å². The van der Waals surface area contributed by atoms with E-state index in [0.29, 0.717) is 21.8 Å². The van der Waals surface area contributed by atoms with E-state index in [2.05, 4.69) is 10.3 Å². The summed E-state index contributed by atoms with van der Waals surface area (Å²) in [5.41, 5.74) is 1.72. The lowest BCUT2D eigenvalue weighted by Crippen LogP contribution is -2.13. The van der Waals surface area contributed by atoms with Crippen molar-refractivity contribution in [2.24, 2.45) is 0 Å². The van der Waals surface area contributed by atoms with Gasteiger partial charge in [-0.15, -0.1) is 0 Å². The van der Waals surface area contributed by atoms with Crippen LogP contribution in [0.25, 0.3) is 0 Å². The Kier molecular flexibility index (Phi) is 4.68. The Bertz CT molecular complexity index is 877. The quantitative estimate of drug-likeness (QED) is 0.726. The Morgan fingerprint density at radius 3 is 2.29 bits per heavy atom. The highest BCUT2D eigenvalue weighted by Gasteiger charge is 2.14. The molecule has 0 spiro atoms. The second kappa shape index (κ2) is 7.06. The van der Waals surface area contributed by atoms with Crippen LogP contribution in [-0.4, -0.2) is 16.7 Å². The highest BCUT2D eigenvalue weighted by molar-refractivity contribution is 6.30. The molecule has 0 fully saturated rings. The molecule has 0 unspecified atom stereocenters. The summed E-state index contributed by atoms with van der Waals surface area (Å²) in [4.78, 5) is 28.8. The van der Waals surface area contributed by atoms with Crippen LogP contribution in [0.1, 0.15) is 26.4 Å². The van der Waals surface area contributed by atoms with Crippen molar-refractivity contribution in [1.82, 2.24) is 4.98 Å². The number of anilines is 1. The molecule has 118 valence electrons. The van der Waals surface area contributed by atoms with E-state index in [1.807, 2.05) is 18.2 Å². The molecule has 2 aromatic carbocycles. The number of nitrogens with one attached hydrogen (secondary N) is 1. The predicted octanol–water partition coefficient (Wildman–Crippen LogP) is 4.22. The molecule has 3 rings (SSSR count). The fourth-order valence-corrected chi connectivity index (χ4v) is 2.30. The van der Waals surface area contributed by atoms with Crippen LogP contribution in [0, 0.1) is 0 Å². The van der Waals surface area contributed by atoms with Crippen molar-refractivity contribution < 1.29 is 9.59 Å². The largest absolute Gasteiger partial charge is 0.322 e. The van der Waals surface area contributed by atoms with Gasteiger partial charge in [-0.05, 0) is 48.5 Å². The lowest BCUT2D eigenvalue weighted by molar-refractivity contribution is 0.102. The summed E-state index contributed by atoms with van der Waals surface area (Å²) < 4.78 is 0. The zero-order valence-corrected chi connectivity index (χ0v) is 13.3. The van der Waals surface area contributed by atoms with Crippen molar-refractivity contribution in [3.8, 4) is 0 Å². The number of hydrogen-bond acceptors (Lipinski definition) is 3. The van der Waals surface area contributed by atoms with Crippen LogP contribution in [0.3, 0.4) is 0 Å². The maximum absolute atomic E-state index is 12.5. The number of benzene rings is 2. The predicted molar refractivity (Wildman–Crippen MR) is 93.5 cm³/mol. The van der Waals surface area contributed by atoms with E-state index in [-0.39, 0.29) is 17.4 Å². The molecule has 5 heteroatoms. The van der Waals surface area contributed by atoms with Gasteiger partial charge in [0, 0.05) is 28.0 Å². The molecule has 1 amide bonds. The van der Waals surface area contributed by atoms with E-state index in [1.54, 1.807) is 42.5 Å². The van der Waals surface area contributed by atoms with E-state index >= 15 is 0 Å². The Labute approximate surface area is 144 Å². The first-order valence-electron chi connectivity index (χ1n) is 7.26. The first-order chi connectivity index (χ1) is 11.6. The van der Waals surface area contributed by atoms with Gasteiger partial charge in [-0.2, -0.15) is 0 Å². The molecule has 1 N–H and O–H groups in total. The van der Waals surface area contributed by atoms with Crippen LogP contribution in [0.15, 0.2) is 72.9 Å². The molecule has 0 radical (unpaired) electrons. The minimum absolute atomic E-state index is 0.207.